The van der Waals surface area contributed by atoms with Crippen LogP contribution >= 0.6 is 0 Å². The van der Waals surface area contributed by atoms with Gasteiger partial charge in [0.2, 0.25) is 0 Å². The second-order valence-electron chi connectivity index (χ2n) is 5.65. The van der Waals surface area contributed by atoms with Crippen LogP contribution in [0.2, 0.25) is 0 Å². The fourth-order valence-electron chi connectivity index (χ4n) is 2.51. The number of aliphatic hydroxyl groups is 1. The smallest absolute Gasteiger partial charge is 0.123 e. The van der Waals surface area contributed by atoms with Gasteiger partial charge >= 0.3 is 0 Å². The fourth-order valence-corrected chi connectivity index (χ4v) is 2.51. The molecule has 3 nitrogen and oxygen atoms in total. The van der Waals surface area contributed by atoms with Crippen molar-refractivity contribution in [2.24, 2.45) is 5.92 Å². The van der Waals surface area contributed by atoms with E-state index in [0.29, 0.717) is 18.9 Å². The molecule has 0 amide bonds. The van der Waals surface area contributed by atoms with Crippen LogP contribution in [0.3, 0.4) is 0 Å². The average Bonchev–Trinajstić information content (AvgIpc) is 3.01. The molecule has 1 heterocycles. The Morgan fingerprint density at radius 3 is 2.60 bits per heavy atom. The van der Waals surface area contributed by atoms with Crippen LogP contribution in [0, 0.1) is 5.92 Å². The lowest BCUT2D eigenvalue weighted by atomic mass is 10.1. The number of nitrogens with one attached hydrogen (secondary N) is 1. The summed E-state index contributed by atoms with van der Waals surface area (Å²) in [6, 6.07) is 12.3. The molecule has 0 aliphatic heterocycles. The largest absolute Gasteiger partial charge is 0.464 e. The fraction of sp³-hybridized carbons (Fsp3) is 0.412. The maximum absolute atomic E-state index is 8.88. The summed E-state index contributed by atoms with van der Waals surface area (Å²) in [6.45, 7) is 3.17. The molecule has 0 unspecified atom stereocenters. The van der Waals surface area contributed by atoms with Gasteiger partial charge in [-0.3, -0.25) is 0 Å². The van der Waals surface area contributed by atoms with Gasteiger partial charge in [0, 0.05) is 18.2 Å². The maximum Gasteiger partial charge on any atom is 0.123 e. The summed E-state index contributed by atoms with van der Waals surface area (Å²) in [4.78, 5) is 0. The highest BCUT2D eigenvalue weighted by atomic mass is 16.3. The van der Waals surface area contributed by atoms with Gasteiger partial charge < -0.3 is 14.8 Å². The first-order valence-electron chi connectivity index (χ1n) is 7.28. The molecule has 3 rings (SSSR count). The Hall–Kier alpha value is -1.74. The third-order valence-electron chi connectivity index (χ3n) is 3.98. The van der Waals surface area contributed by atoms with Crippen molar-refractivity contribution >= 4 is 5.69 Å². The third kappa shape index (κ3) is 3.05. The Labute approximate surface area is 119 Å². The van der Waals surface area contributed by atoms with E-state index in [1.807, 2.05) is 24.3 Å². The molecule has 0 spiro atoms. The summed E-state index contributed by atoms with van der Waals surface area (Å²) in [7, 11) is 0. The van der Waals surface area contributed by atoms with E-state index in [1.54, 1.807) is 0 Å². The van der Waals surface area contributed by atoms with Crippen molar-refractivity contribution < 1.29 is 9.52 Å². The highest BCUT2D eigenvalue weighted by molar-refractivity contribution is 5.44. The zero-order chi connectivity index (χ0) is 13.9. The van der Waals surface area contributed by atoms with Gasteiger partial charge in [-0.1, -0.05) is 19.1 Å². The van der Waals surface area contributed by atoms with Crippen LogP contribution in [0.15, 0.2) is 40.8 Å². The van der Waals surface area contributed by atoms with Crippen molar-refractivity contribution in [1.82, 2.24) is 0 Å². The Balaban J connectivity index is 1.54. The van der Waals surface area contributed by atoms with Crippen molar-refractivity contribution in [3.63, 3.8) is 0 Å². The topological polar surface area (TPSA) is 45.4 Å². The standard InChI is InChI=1S/C17H21NO2/c1-12-10-16(12)17-7-6-15(20-17)11-18-14-4-2-13(3-5-14)8-9-19/h2-7,12,16,18-19H,8-11H2,1H3/t12-,16-/m0/s1. The quantitative estimate of drug-likeness (QED) is 0.844. The number of hydrogen-bond acceptors (Lipinski definition) is 3. The molecule has 1 aromatic carbocycles. The SMILES string of the molecule is C[C@H]1C[C@@H]1c1ccc(CNc2ccc(CCO)cc2)o1. The predicted molar refractivity (Wildman–Crippen MR) is 79.8 cm³/mol. The van der Waals surface area contributed by atoms with Crippen molar-refractivity contribution in [3.8, 4) is 0 Å². The van der Waals surface area contributed by atoms with Crippen LogP contribution in [0.25, 0.3) is 0 Å². The molecule has 0 bridgehead atoms. The molecule has 3 heteroatoms. The molecule has 1 aliphatic carbocycles. The van der Waals surface area contributed by atoms with E-state index in [0.717, 1.165) is 28.7 Å². The highest BCUT2D eigenvalue weighted by Gasteiger charge is 2.36. The number of benzene rings is 1. The minimum Gasteiger partial charge on any atom is -0.464 e. The lowest BCUT2D eigenvalue weighted by molar-refractivity contribution is 0.299. The average molecular weight is 271 g/mol. The van der Waals surface area contributed by atoms with Crippen LogP contribution in [0.1, 0.15) is 36.3 Å². The van der Waals surface area contributed by atoms with Crippen molar-refractivity contribution in [2.45, 2.75) is 32.2 Å². The van der Waals surface area contributed by atoms with E-state index >= 15 is 0 Å². The van der Waals surface area contributed by atoms with E-state index in [9.17, 15) is 0 Å². The van der Waals surface area contributed by atoms with Gasteiger partial charge in [-0.15, -0.1) is 0 Å². The second-order valence-corrected chi connectivity index (χ2v) is 5.65. The van der Waals surface area contributed by atoms with Gasteiger partial charge in [-0.25, -0.2) is 0 Å². The zero-order valence-corrected chi connectivity index (χ0v) is 11.8. The summed E-state index contributed by atoms with van der Waals surface area (Å²) >= 11 is 0. The van der Waals surface area contributed by atoms with Crippen molar-refractivity contribution in [2.75, 3.05) is 11.9 Å². The molecule has 2 N–H and O–H groups in total. The lowest BCUT2D eigenvalue weighted by Crippen LogP contribution is -1.98. The van der Waals surface area contributed by atoms with Gasteiger partial charge in [0.05, 0.1) is 6.54 Å². The summed E-state index contributed by atoms with van der Waals surface area (Å²) < 4.78 is 5.87. The molecule has 106 valence electrons. The molecule has 20 heavy (non-hydrogen) atoms. The van der Waals surface area contributed by atoms with Gasteiger partial charge in [0.15, 0.2) is 0 Å². The predicted octanol–water partition coefficient (Wildman–Crippen LogP) is 3.55. The lowest BCUT2D eigenvalue weighted by Gasteiger charge is -2.05. The summed E-state index contributed by atoms with van der Waals surface area (Å²) in [5.41, 5.74) is 2.23. The van der Waals surface area contributed by atoms with Gasteiger partial charge in [0.25, 0.3) is 0 Å². The maximum atomic E-state index is 8.88. The minimum atomic E-state index is 0.196. The molecular weight excluding hydrogens is 250 g/mol. The minimum absolute atomic E-state index is 0.196. The third-order valence-corrected chi connectivity index (χ3v) is 3.98. The van der Waals surface area contributed by atoms with E-state index in [2.05, 4.69) is 24.4 Å². The first-order chi connectivity index (χ1) is 9.76. The van der Waals surface area contributed by atoms with Crippen LogP contribution in [0.5, 0.6) is 0 Å². The van der Waals surface area contributed by atoms with Crippen LogP contribution in [-0.2, 0) is 13.0 Å². The molecule has 0 saturated heterocycles. The van der Waals surface area contributed by atoms with Gasteiger partial charge in [-0.2, -0.15) is 0 Å². The second kappa shape index (κ2) is 5.71. The zero-order valence-electron chi connectivity index (χ0n) is 11.8. The molecule has 1 fully saturated rings. The first-order valence-corrected chi connectivity index (χ1v) is 7.28. The number of anilines is 1. The normalized spacial score (nSPS) is 20.9. The Morgan fingerprint density at radius 1 is 1.20 bits per heavy atom. The van der Waals surface area contributed by atoms with E-state index in [4.69, 9.17) is 9.52 Å². The van der Waals surface area contributed by atoms with Crippen molar-refractivity contribution in [1.29, 1.82) is 0 Å². The van der Waals surface area contributed by atoms with E-state index < -0.39 is 0 Å². The van der Waals surface area contributed by atoms with Crippen molar-refractivity contribution in [3.05, 3.63) is 53.5 Å². The molecule has 1 saturated carbocycles. The van der Waals surface area contributed by atoms with Crippen LogP contribution in [-0.4, -0.2) is 11.7 Å². The summed E-state index contributed by atoms with van der Waals surface area (Å²) in [5, 5.41) is 12.2. The monoisotopic (exact) mass is 271 g/mol. The molecule has 1 aromatic heterocycles. The Bertz CT molecular complexity index is 559. The number of aliphatic hydroxyl groups excluding tert-OH is 1. The number of hydrogen-bond donors (Lipinski definition) is 2. The summed E-state index contributed by atoms with van der Waals surface area (Å²) in [5.74, 6) is 3.54. The molecule has 1 aliphatic rings. The molecule has 2 aromatic rings. The van der Waals surface area contributed by atoms with E-state index in [-0.39, 0.29) is 6.61 Å². The van der Waals surface area contributed by atoms with Crippen LogP contribution < -0.4 is 5.32 Å². The molecular formula is C17H21NO2. The Kier molecular flexibility index (Phi) is 3.79. The van der Waals surface area contributed by atoms with Crippen LogP contribution in [0.4, 0.5) is 5.69 Å². The Morgan fingerprint density at radius 2 is 1.95 bits per heavy atom. The number of furan rings is 1. The van der Waals surface area contributed by atoms with E-state index in [1.165, 1.54) is 6.42 Å². The van der Waals surface area contributed by atoms with Gasteiger partial charge in [-0.05, 0) is 48.6 Å². The van der Waals surface area contributed by atoms with Gasteiger partial charge in [0.1, 0.15) is 11.5 Å². The molecule has 0 radical (unpaired) electrons. The highest BCUT2D eigenvalue weighted by Crippen LogP contribution is 2.47. The first kappa shape index (κ1) is 13.3. The summed E-state index contributed by atoms with van der Waals surface area (Å²) in [6.07, 6.45) is 1.97. The number of rotatable bonds is 6. The molecule has 2 atom stereocenters.